The molecule has 0 unspecified atom stereocenters. The standard InChI is InChI=1S/C36H42ClF3N8O2.C34H40ClN7O3.C33H36ClF2N7O2.2CH4.6H2S/c1-44(24-36(38,39)40)16-6-12-32(49)48-20-19-47(21-26(48)13-15-41)34-28-14-18-46(31-11-4-8-25-7-3-10-29(37)33(25)31)22-30(28)42-35(43-34)50-23-27-9-5-17-45(27)2;1-23(21-44-3)33(43)42-18-17-41(19-25(42)12-14-36)32-27-13-16-40(30-11-5-8-24-7-4-10-28(35)31(24)30)20-29(27)37-34(38-32)45-22-26-9-6-15-39(26)2;1-40-15-4-7-24(40)21-45-33-38-27-20-41(28-9-3-6-22-5-2-8-26(34)31(22)28)16-13-25(27)32(39-33)42-17-18-43(23(19-42)12-14-37)30(44)11-10-29(35)36;;;;;;;;/h3-4,6-8,10-12,26-27H,5,9,13-14,16-24H2,1-2H3;4-5,7-8,10-11,25-26H,1,6,9,12-13,15-22H2,2-3H3;2-3,5-6,8-11,23-24,29H,4,7,12-13,15-21H2,1H3;2*1H4;6*1H2/b12-6+;;11-10+;;;;;;;;/t26-,27-;25-,26-;23-,24-;;;;;;;;/m000......../s1. The Morgan fingerprint density at radius 2 is 0.791 bits per heavy atom. The first-order chi connectivity index (χ1) is 67.7. The average molecular weight is 2210 g/mol. The van der Waals surface area contributed by atoms with E-state index in [0.717, 1.165) is 194 Å². The van der Waals surface area contributed by atoms with Crippen LogP contribution < -0.4 is 43.6 Å². The highest BCUT2D eigenvalue weighted by Gasteiger charge is 2.41. The van der Waals surface area contributed by atoms with Crippen molar-refractivity contribution in [2.45, 2.75) is 160 Å². The third-order valence-corrected chi connectivity index (χ3v) is 29.0. The van der Waals surface area contributed by atoms with Crippen LogP contribution in [-0.4, -0.2) is 304 Å². The fourth-order valence-electron chi connectivity index (χ4n) is 20.8. The van der Waals surface area contributed by atoms with Crippen molar-refractivity contribution >= 4 is 200 Å². The zero-order valence-corrected chi connectivity index (χ0v) is 90.9. The molecule has 29 nitrogen and oxygen atoms in total. The van der Waals surface area contributed by atoms with E-state index in [1.807, 2.05) is 48.5 Å². The number of methoxy groups -OCH3 is 1. The normalized spacial score (nSPS) is 19.3. The van der Waals surface area contributed by atoms with Crippen molar-refractivity contribution in [2.75, 3.05) is 202 Å². The number of hydrogen-bond donors (Lipinski definition) is 0. The number of likely N-dealkylation sites (tertiary alicyclic amines) is 3. The lowest BCUT2D eigenvalue weighted by Gasteiger charge is -2.42. The summed E-state index contributed by atoms with van der Waals surface area (Å²) < 4.78 is 87.6. The first-order valence-corrected chi connectivity index (χ1v) is 49.1. The number of fused-ring (bicyclic) bond motifs is 6. The number of piperazine rings is 3. The number of anilines is 6. The Morgan fingerprint density at radius 1 is 0.466 bits per heavy atom. The van der Waals surface area contributed by atoms with Crippen molar-refractivity contribution < 1.29 is 55.3 Å². The van der Waals surface area contributed by atoms with Gasteiger partial charge in [0.1, 0.15) is 37.3 Å². The van der Waals surface area contributed by atoms with E-state index in [1.54, 1.807) is 16.9 Å². The van der Waals surface area contributed by atoms with Gasteiger partial charge < -0.3 is 77.7 Å². The molecule has 18 rings (SSSR count). The molecule has 3 amide bonds. The number of carbonyl (C=O) groups is 3. The van der Waals surface area contributed by atoms with Gasteiger partial charge in [-0.3, -0.25) is 19.3 Å². The summed E-state index contributed by atoms with van der Waals surface area (Å²) in [6.45, 7) is 15.2. The molecule has 9 aliphatic rings. The third kappa shape index (κ3) is 29.7. The van der Waals surface area contributed by atoms with Crippen LogP contribution in [0.3, 0.4) is 0 Å². The molecule has 6 aromatic carbocycles. The molecule has 9 aromatic rings. The number of aromatic nitrogens is 6. The van der Waals surface area contributed by atoms with Gasteiger partial charge >= 0.3 is 24.2 Å². The van der Waals surface area contributed by atoms with Gasteiger partial charge in [-0.15, -0.1) is 0 Å². The number of likely N-dealkylation sites (N-methyl/N-ethyl adjacent to an activating group) is 4. The Hall–Kier alpha value is -9.94. The summed E-state index contributed by atoms with van der Waals surface area (Å²) in [4.78, 5) is 95.1. The van der Waals surface area contributed by atoms with Gasteiger partial charge in [-0.05, 0) is 164 Å². The number of rotatable bonds is 27. The van der Waals surface area contributed by atoms with Crippen LogP contribution in [0.5, 0.6) is 18.0 Å². The van der Waals surface area contributed by atoms with E-state index in [9.17, 15) is 52.1 Å². The first kappa shape index (κ1) is 123. The van der Waals surface area contributed by atoms with Gasteiger partial charge in [-0.25, -0.2) is 8.78 Å². The molecule has 6 saturated heterocycles. The molecule has 0 N–H and O–H groups in total. The summed E-state index contributed by atoms with van der Waals surface area (Å²) in [5, 5.41) is 37.3. The number of halogens is 8. The van der Waals surface area contributed by atoms with Crippen molar-refractivity contribution in [3.63, 3.8) is 0 Å². The highest BCUT2D eigenvalue weighted by Crippen LogP contribution is 2.43. The average Bonchev–Trinajstić information content (AvgIpc) is 0.912. The van der Waals surface area contributed by atoms with Crippen LogP contribution in [0.25, 0.3) is 32.3 Å². The van der Waals surface area contributed by atoms with Crippen molar-refractivity contribution in [1.29, 1.82) is 15.8 Å². The van der Waals surface area contributed by atoms with Crippen LogP contribution in [-0.2, 0) is 58.0 Å². The minimum atomic E-state index is -4.32. The minimum Gasteiger partial charge on any atom is -0.462 e. The topological polar surface area (TPSA) is 279 Å². The highest BCUT2D eigenvalue weighted by atomic mass is 35.5. The van der Waals surface area contributed by atoms with Crippen LogP contribution in [0.4, 0.5) is 56.5 Å². The zero-order chi connectivity index (χ0) is 98.4. The van der Waals surface area contributed by atoms with E-state index in [-0.39, 0.29) is 159 Å². The Kier molecular flexibility index (Phi) is 47.4. The Morgan fingerprint density at radius 3 is 1.10 bits per heavy atom. The summed E-state index contributed by atoms with van der Waals surface area (Å²) in [7, 11) is 9.22. The molecule has 3 aromatic heterocycles. The second-order valence-electron chi connectivity index (χ2n) is 37.3. The SMILES string of the molecule is C.C.C=C(COC)C(=O)N1CCN(c2nc(OC[C@@H]3CCCN3C)nc3c2CCN(c2cccc4cccc(Cl)c24)C3)C[C@@H]1CC#N.CN(C/C=C/C(=O)N1CCN(c2nc(OC[C@@H]3CCCN3C)nc3c2CCN(c2cccc4cccc(Cl)c24)C3)C[C@@H]1CC#N)CC(F)(F)F.CN1CCC[C@H]1COc1nc2c(c(N3CCN(C(=O)/C=C/C(F)F)[C@@H](CC#N)C3)n1)CCN(c1cccc3cccc(Cl)c13)C2.S.S.S.S.S.S. The van der Waals surface area contributed by atoms with Gasteiger partial charge in [0.05, 0.1) is 121 Å². The molecule has 6 atom stereocenters. The maximum absolute atomic E-state index is 13.2. The third-order valence-electron chi connectivity index (χ3n) is 28.1. The summed E-state index contributed by atoms with van der Waals surface area (Å²) in [5.74, 6) is 1.30. The summed E-state index contributed by atoms with van der Waals surface area (Å²) >= 11 is 20.1. The van der Waals surface area contributed by atoms with Crippen LogP contribution in [0.1, 0.15) is 106 Å². The zero-order valence-electron chi connectivity index (χ0n) is 82.6. The van der Waals surface area contributed by atoms with E-state index in [2.05, 4.69) is 151 Å². The van der Waals surface area contributed by atoms with Gasteiger partial charge in [0, 0.05) is 178 Å². The van der Waals surface area contributed by atoms with Crippen LogP contribution in [0.15, 0.2) is 146 Å². The quantitative estimate of drug-likeness (QED) is 0.0341. The van der Waals surface area contributed by atoms with E-state index >= 15 is 0 Å². The number of allylic oxidation sites excluding steroid dienone is 1. The second kappa shape index (κ2) is 57.0. The Bertz CT molecular complexity index is 6210. The molecule has 148 heavy (non-hydrogen) atoms. The number of ether oxygens (including phenoxy) is 4. The summed E-state index contributed by atoms with van der Waals surface area (Å²) in [6, 6.07) is 43.8. The maximum Gasteiger partial charge on any atom is 0.401 e. The van der Waals surface area contributed by atoms with Crippen molar-refractivity contribution in [3.8, 4) is 36.2 Å². The van der Waals surface area contributed by atoms with E-state index in [1.165, 1.54) is 24.1 Å². The molecule has 0 saturated carbocycles. The molecular weight excluding hydrogens is 2080 g/mol. The van der Waals surface area contributed by atoms with E-state index in [4.69, 9.17) is 83.7 Å². The van der Waals surface area contributed by atoms with Crippen LogP contribution in [0.2, 0.25) is 15.1 Å². The van der Waals surface area contributed by atoms with Crippen LogP contribution >= 0.6 is 116 Å². The van der Waals surface area contributed by atoms with E-state index < -0.39 is 37.1 Å². The van der Waals surface area contributed by atoms with Crippen molar-refractivity contribution in [2.24, 2.45) is 0 Å². The smallest absolute Gasteiger partial charge is 0.401 e. The molecule has 9 aliphatic heterocycles. The molecule has 0 aliphatic carbocycles. The molecule has 0 bridgehead atoms. The maximum atomic E-state index is 13.2. The number of amides is 3. The number of hydrogen-bond acceptors (Lipinski definition) is 26. The molecule has 6 fully saturated rings. The largest absolute Gasteiger partial charge is 0.462 e. The fraction of sp³-hybridized carbons (Fsp3) is 0.486. The van der Waals surface area contributed by atoms with Gasteiger partial charge in [0.2, 0.25) is 11.8 Å². The summed E-state index contributed by atoms with van der Waals surface area (Å²) in [5.41, 5.74) is 9.30. The van der Waals surface area contributed by atoms with Gasteiger partial charge in [0.25, 0.3) is 12.3 Å². The highest BCUT2D eigenvalue weighted by molar-refractivity contribution is 7.60. The number of nitrogens with zero attached hydrogens (tertiary/aromatic N) is 22. The molecule has 43 heteroatoms. The van der Waals surface area contributed by atoms with Crippen molar-refractivity contribution in [1.82, 2.24) is 64.2 Å². The lowest BCUT2D eigenvalue weighted by molar-refractivity contribution is -0.142. The van der Waals surface area contributed by atoms with Crippen LogP contribution in [0, 0.1) is 34.0 Å². The van der Waals surface area contributed by atoms with Crippen molar-refractivity contribution in [3.05, 3.63) is 194 Å². The molecule has 0 radical (unpaired) electrons. The predicted molar refractivity (Wildman–Crippen MR) is 609 cm³/mol. The fourth-order valence-corrected chi connectivity index (χ4v) is 21.6. The Labute approximate surface area is 922 Å². The molecule has 0 spiro atoms. The van der Waals surface area contributed by atoms with Gasteiger partial charge in [0.15, 0.2) is 0 Å². The van der Waals surface area contributed by atoms with Gasteiger partial charge in [-0.1, -0.05) is 135 Å². The lowest BCUT2D eigenvalue weighted by atomic mass is 10.0. The number of alkyl halides is 5. The second-order valence-corrected chi connectivity index (χ2v) is 38.5. The molecular formula is C105H138Cl3F5N22O7S6. The minimum absolute atomic E-state index is 0. The number of carbonyl (C=O) groups excluding carboxylic acids is 3. The number of benzene rings is 6. The molecule has 12 heterocycles. The van der Waals surface area contributed by atoms with Gasteiger partial charge in [-0.2, -0.15) is 140 Å². The monoisotopic (exact) mass is 2210 g/mol. The predicted octanol–water partition coefficient (Wildman–Crippen LogP) is 16.8. The Balaban J connectivity index is 0.000000264. The molecule has 802 valence electrons. The van der Waals surface area contributed by atoms with E-state index in [0.29, 0.717) is 163 Å². The summed E-state index contributed by atoms with van der Waals surface area (Å²) in [6.07, 6.45) is 6.24. The lowest BCUT2D eigenvalue weighted by Crippen LogP contribution is -2.56. The number of nitriles is 3. The first-order valence-electron chi connectivity index (χ1n) is 48.0.